The largest absolute Gasteiger partial charge is 0.428 e. The molecule has 6 nitrogen and oxygen atoms in total. The van der Waals surface area contributed by atoms with Crippen LogP contribution in [0, 0.1) is 0 Å². The van der Waals surface area contributed by atoms with Crippen LogP contribution in [0.4, 0.5) is 13.2 Å². The Bertz CT molecular complexity index is 1210. The second-order valence-electron chi connectivity index (χ2n) is 6.68. The monoisotopic (exact) mass is 446 g/mol. The van der Waals surface area contributed by atoms with Crippen LogP contribution in [0.1, 0.15) is 18.1 Å². The average molecular weight is 446 g/mol. The Kier molecular flexibility index (Phi) is 4.09. The fraction of sp³-hybridized carbons (Fsp3) is 0.222. The molecule has 0 aromatic heterocycles. The van der Waals surface area contributed by atoms with Crippen molar-refractivity contribution in [2.75, 3.05) is 0 Å². The van der Waals surface area contributed by atoms with Crippen molar-refractivity contribution < 1.29 is 38.4 Å². The summed E-state index contributed by atoms with van der Waals surface area (Å²) in [6, 6.07) is 13.0. The fourth-order valence-corrected chi connectivity index (χ4v) is 7.85. The van der Waals surface area contributed by atoms with Crippen molar-refractivity contribution in [2.24, 2.45) is 0 Å². The molecule has 154 valence electrons. The minimum Gasteiger partial charge on any atom is -0.249 e. The zero-order valence-electron chi connectivity index (χ0n) is 14.7. The zero-order valence-corrected chi connectivity index (χ0v) is 16.3. The molecular formula is C18H13F3O6S2. The van der Waals surface area contributed by atoms with Gasteiger partial charge in [-0.1, -0.05) is 60.7 Å². The lowest BCUT2D eigenvalue weighted by Gasteiger charge is -2.32. The molecule has 4 rings (SSSR count). The number of hydrogen-bond donors (Lipinski definition) is 0. The number of benzene rings is 2. The predicted molar refractivity (Wildman–Crippen MR) is 95.0 cm³/mol. The molecule has 0 spiro atoms. The van der Waals surface area contributed by atoms with Gasteiger partial charge in [0.05, 0.1) is 0 Å². The first kappa shape index (κ1) is 20.1. The van der Waals surface area contributed by atoms with Crippen LogP contribution in [0.2, 0.25) is 0 Å². The van der Waals surface area contributed by atoms with Crippen molar-refractivity contribution in [1.82, 2.24) is 0 Å². The number of rotatable bonds is 2. The number of hydrogen-bond acceptors (Lipinski definition) is 6. The van der Waals surface area contributed by atoms with E-state index in [1.807, 2.05) is 0 Å². The van der Waals surface area contributed by atoms with Gasteiger partial charge >= 0.3 is 6.18 Å². The summed E-state index contributed by atoms with van der Waals surface area (Å²) in [5.41, 5.74) is -6.60. The molecule has 0 fully saturated rings. The maximum atomic E-state index is 14.3. The molecule has 2 atom stereocenters. The van der Waals surface area contributed by atoms with Crippen molar-refractivity contribution >= 4 is 20.2 Å². The Balaban J connectivity index is 2.16. The average Bonchev–Trinajstić information content (AvgIpc) is 3.05. The van der Waals surface area contributed by atoms with E-state index in [4.69, 9.17) is 4.18 Å². The predicted octanol–water partition coefficient (Wildman–Crippen LogP) is 3.29. The van der Waals surface area contributed by atoms with Gasteiger partial charge in [0, 0.05) is 0 Å². The zero-order chi connectivity index (χ0) is 21.3. The van der Waals surface area contributed by atoms with E-state index in [1.165, 1.54) is 42.5 Å². The van der Waals surface area contributed by atoms with Gasteiger partial charge in [-0.15, -0.1) is 0 Å². The van der Waals surface area contributed by atoms with E-state index in [0.29, 0.717) is 0 Å². The van der Waals surface area contributed by atoms with Crippen molar-refractivity contribution in [3.63, 3.8) is 0 Å². The van der Waals surface area contributed by atoms with Crippen molar-refractivity contribution in [1.29, 1.82) is 0 Å². The van der Waals surface area contributed by atoms with Crippen molar-refractivity contribution in [3.8, 4) is 0 Å². The highest BCUT2D eigenvalue weighted by molar-refractivity contribution is 7.96. The maximum Gasteiger partial charge on any atom is 0.428 e. The molecule has 2 aromatic carbocycles. The third kappa shape index (κ3) is 2.61. The van der Waals surface area contributed by atoms with Crippen LogP contribution in [0.5, 0.6) is 0 Å². The first-order chi connectivity index (χ1) is 13.4. The van der Waals surface area contributed by atoms with Crippen LogP contribution in [-0.2, 0) is 39.8 Å². The highest BCUT2D eigenvalue weighted by Gasteiger charge is 2.76. The molecule has 2 unspecified atom stereocenters. The highest BCUT2D eigenvalue weighted by atomic mass is 32.2. The number of alkyl halides is 3. The summed E-state index contributed by atoms with van der Waals surface area (Å²) in [5, 5.41) is 0. The lowest BCUT2D eigenvalue weighted by atomic mass is 9.88. The maximum absolute atomic E-state index is 14.3. The van der Waals surface area contributed by atoms with E-state index in [2.05, 4.69) is 4.18 Å². The topological polar surface area (TPSA) is 86.7 Å². The van der Waals surface area contributed by atoms with Gasteiger partial charge in [0.25, 0.3) is 20.2 Å². The highest BCUT2D eigenvalue weighted by Crippen LogP contribution is 2.63. The van der Waals surface area contributed by atoms with E-state index in [1.54, 1.807) is 6.07 Å². The summed E-state index contributed by atoms with van der Waals surface area (Å²) >= 11 is 0. The molecule has 0 aliphatic carbocycles. The van der Waals surface area contributed by atoms with Gasteiger partial charge in [-0.05, 0) is 18.1 Å². The third-order valence-corrected chi connectivity index (χ3v) is 8.11. The molecule has 0 N–H and O–H groups in total. The van der Waals surface area contributed by atoms with Crippen LogP contribution in [0.15, 0.2) is 70.5 Å². The number of halogens is 3. The molecule has 0 radical (unpaired) electrons. The second-order valence-corrected chi connectivity index (χ2v) is 9.64. The molecule has 11 heteroatoms. The van der Waals surface area contributed by atoms with Crippen LogP contribution < -0.4 is 0 Å². The normalized spacial score (nSPS) is 30.3. The van der Waals surface area contributed by atoms with Gasteiger partial charge in [0.1, 0.15) is 15.4 Å². The molecule has 0 saturated carbocycles. The summed E-state index contributed by atoms with van der Waals surface area (Å²) < 4.78 is 104. The smallest absolute Gasteiger partial charge is 0.249 e. The van der Waals surface area contributed by atoms with E-state index in [0.717, 1.165) is 19.1 Å². The third-order valence-electron chi connectivity index (χ3n) is 4.87. The molecule has 2 aliphatic rings. The molecule has 2 aliphatic heterocycles. The van der Waals surface area contributed by atoms with E-state index >= 15 is 0 Å². The second kappa shape index (κ2) is 5.91. The van der Waals surface area contributed by atoms with Gasteiger partial charge < -0.3 is 0 Å². The SMILES string of the molecule is CC1(c2ccccc2)OS(=O)(=O)C2=C1S(=O)(=O)OC2(c1ccccc1)C(F)(F)F. The molecule has 2 heterocycles. The quantitative estimate of drug-likeness (QED) is 0.658. The van der Waals surface area contributed by atoms with Crippen LogP contribution >= 0.6 is 0 Å². The minimum atomic E-state index is -5.42. The van der Waals surface area contributed by atoms with E-state index in [-0.39, 0.29) is 5.56 Å². The Morgan fingerprint density at radius 1 is 0.724 bits per heavy atom. The van der Waals surface area contributed by atoms with Crippen molar-refractivity contribution in [3.05, 3.63) is 81.6 Å². The first-order valence-electron chi connectivity index (χ1n) is 8.20. The van der Waals surface area contributed by atoms with Crippen molar-refractivity contribution in [2.45, 2.75) is 24.3 Å². The van der Waals surface area contributed by atoms with Crippen LogP contribution in [0.3, 0.4) is 0 Å². The molecular weight excluding hydrogens is 433 g/mol. The Morgan fingerprint density at radius 3 is 1.66 bits per heavy atom. The Labute approximate surface area is 164 Å². The fourth-order valence-electron chi connectivity index (χ4n) is 3.69. The van der Waals surface area contributed by atoms with Gasteiger partial charge in [-0.25, -0.2) is 8.37 Å². The van der Waals surface area contributed by atoms with Gasteiger partial charge in [0.2, 0.25) is 5.60 Å². The summed E-state index contributed by atoms with van der Waals surface area (Å²) in [7, 11) is -10.3. The first-order valence-corrected chi connectivity index (χ1v) is 11.0. The van der Waals surface area contributed by atoms with E-state index < -0.39 is 53.0 Å². The minimum absolute atomic E-state index is 0.0480. The Hall–Kier alpha value is -2.21. The lowest BCUT2D eigenvalue weighted by molar-refractivity contribution is -0.232. The molecule has 29 heavy (non-hydrogen) atoms. The summed E-state index contributed by atoms with van der Waals surface area (Å²) in [6.07, 6.45) is -5.42. The van der Waals surface area contributed by atoms with Gasteiger partial charge in [-0.2, -0.15) is 30.0 Å². The van der Waals surface area contributed by atoms with Crippen LogP contribution in [0.25, 0.3) is 0 Å². The summed E-state index contributed by atoms with van der Waals surface area (Å²) in [5.74, 6) is 0. The standard InChI is InChI=1S/C18H13F3O6S2/c1-16(12-8-4-2-5-9-12)14-15(29(24,25)26-16)17(18(19,20)21,27-28(14,22)23)13-10-6-3-7-11-13/h2-11H,1H3. The summed E-state index contributed by atoms with van der Waals surface area (Å²) in [6.45, 7) is 1.08. The van der Waals surface area contributed by atoms with Gasteiger partial charge in [-0.3, -0.25) is 0 Å². The molecule has 2 aromatic rings. The van der Waals surface area contributed by atoms with Crippen LogP contribution in [-0.4, -0.2) is 23.0 Å². The Morgan fingerprint density at radius 2 is 1.17 bits per heavy atom. The summed E-state index contributed by atoms with van der Waals surface area (Å²) in [4.78, 5) is -2.53. The molecule has 0 saturated heterocycles. The lowest BCUT2D eigenvalue weighted by Crippen LogP contribution is -2.46. The molecule has 0 bridgehead atoms. The molecule has 0 amide bonds. The van der Waals surface area contributed by atoms with E-state index in [9.17, 15) is 30.0 Å². The van der Waals surface area contributed by atoms with Gasteiger partial charge in [0.15, 0.2) is 0 Å².